The topological polar surface area (TPSA) is 38.3 Å². The number of benzene rings is 1. The molecule has 0 radical (unpaired) electrons. The van der Waals surface area contributed by atoms with Gasteiger partial charge in [-0.05, 0) is 24.5 Å². The molecular formula is C12H14FNO2. The molecule has 1 aromatic rings. The van der Waals surface area contributed by atoms with Crippen molar-refractivity contribution in [1.29, 1.82) is 0 Å². The van der Waals surface area contributed by atoms with Crippen molar-refractivity contribution in [3.05, 3.63) is 35.6 Å². The molecule has 1 saturated carbocycles. The van der Waals surface area contributed by atoms with Crippen LogP contribution < -0.4 is 5.32 Å². The summed E-state index contributed by atoms with van der Waals surface area (Å²) in [5.41, 5.74) is 0.464. The lowest BCUT2D eigenvalue weighted by Crippen LogP contribution is -2.32. The Kier molecular flexibility index (Phi) is 2.81. The number of carbonyl (C=O) groups is 1. The summed E-state index contributed by atoms with van der Waals surface area (Å²) < 4.78 is 18.1. The maximum Gasteiger partial charge on any atom is 0.406 e. The molecule has 1 aliphatic carbocycles. The van der Waals surface area contributed by atoms with Crippen LogP contribution in [0.2, 0.25) is 0 Å². The van der Waals surface area contributed by atoms with Crippen LogP contribution in [0.25, 0.3) is 0 Å². The molecule has 3 nitrogen and oxygen atoms in total. The Morgan fingerprint density at radius 1 is 1.50 bits per heavy atom. The number of methoxy groups -OCH3 is 1. The van der Waals surface area contributed by atoms with Crippen LogP contribution in [0.1, 0.15) is 18.4 Å². The second-order valence-corrected chi connectivity index (χ2v) is 4.11. The summed E-state index contributed by atoms with van der Waals surface area (Å²) in [6.45, 7) is 0.431. The van der Waals surface area contributed by atoms with Gasteiger partial charge < -0.3 is 10.1 Å². The summed E-state index contributed by atoms with van der Waals surface area (Å²) in [5.74, 6) is -0.202. The number of hydrogen-bond acceptors (Lipinski definition) is 2. The summed E-state index contributed by atoms with van der Waals surface area (Å²) >= 11 is 0. The number of rotatable bonds is 3. The van der Waals surface area contributed by atoms with Gasteiger partial charge >= 0.3 is 6.09 Å². The van der Waals surface area contributed by atoms with Gasteiger partial charge in [-0.1, -0.05) is 18.2 Å². The van der Waals surface area contributed by atoms with Gasteiger partial charge in [0.15, 0.2) is 0 Å². The van der Waals surface area contributed by atoms with E-state index in [1.165, 1.54) is 13.2 Å². The summed E-state index contributed by atoms with van der Waals surface area (Å²) in [6, 6.07) is 6.72. The van der Waals surface area contributed by atoms with Crippen molar-refractivity contribution >= 4 is 6.09 Å². The number of carbonyl (C=O) groups excluding carboxylic acids is 1. The molecule has 0 spiro atoms. The quantitative estimate of drug-likeness (QED) is 0.853. The molecule has 1 aromatic carbocycles. The molecule has 0 bridgehead atoms. The first-order chi connectivity index (χ1) is 7.68. The van der Waals surface area contributed by atoms with Gasteiger partial charge in [-0.2, -0.15) is 0 Å². The van der Waals surface area contributed by atoms with E-state index in [1.54, 1.807) is 12.1 Å². The molecular weight excluding hydrogens is 209 g/mol. The van der Waals surface area contributed by atoms with Crippen molar-refractivity contribution in [1.82, 2.24) is 5.32 Å². The van der Waals surface area contributed by atoms with E-state index in [1.807, 2.05) is 6.07 Å². The molecule has 1 fully saturated rings. The number of nitrogens with one attached hydrogen (secondary N) is 1. The van der Waals surface area contributed by atoms with Crippen molar-refractivity contribution in [3.63, 3.8) is 0 Å². The third-order valence-corrected chi connectivity index (χ3v) is 3.06. The van der Waals surface area contributed by atoms with E-state index >= 15 is 0 Å². The summed E-state index contributed by atoms with van der Waals surface area (Å²) in [5, 5.41) is 2.63. The van der Waals surface area contributed by atoms with E-state index in [0.29, 0.717) is 12.1 Å². The van der Waals surface area contributed by atoms with Gasteiger partial charge in [0, 0.05) is 12.0 Å². The van der Waals surface area contributed by atoms with Crippen LogP contribution in [0.5, 0.6) is 0 Å². The van der Waals surface area contributed by atoms with E-state index in [4.69, 9.17) is 0 Å². The molecule has 4 heteroatoms. The minimum Gasteiger partial charge on any atom is -0.453 e. The molecule has 86 valence electrons. The van der Waals surface area contributed by atoms with Gasteiger partial charge in [0.05, 0.1) is 7.11 Å². The number of amides is 1. The second kappa shape index (κ2) is 4.12. The van der Waals surface area contributed by atoms with Crippen LogP contribution in [-0.2, 0) is 10.2 Å². The highest BCUT2D eigenvalue weighted by molar-refractivity contribution is 5.67. The van der Waals surface area contributed by atoms with Gasteiger partial charge in [-0.3, -0.25) is 0 Å². The van der Waals surface area contributed by atoms with Gasteiger partial charge in [-0.25, -0.2) is 9.18 Å². The lowest BCUT2D eigenvalue weighted by atomic mass is 9.95. The molecule has 16 heavy (non-hydrogen) atoms. The van der Waals surface area contributed by atoms with Crippen LogP contribution in [0.3, 0.4) is 0 Å². The fourth-order valence-corrected chi connectivity index (χ4v) is 1.90. The van der Waals surface area contributed by atoms with E-state index in [9.17, 15) is 9.18 Å². The fraction of sp³-hybridized carbons (Fsp3) is 0.417. The van der Waals surface area contributed by atoms with Crippen molar-refractivity contribution in [2.24, 2.45) is 0 Å². The number of ether oxygens (including phenoxy) is 1. The molecule has 1 amide bonds. The van der Waals surface area contributed by atoms with Crippen molar-refractivity contribution < 1.29 is 13.9 Å². The molecule has 0 unspecified atom stereocenters. The van der Waals surface area contributed by atoms with Crippen LogP contribution in [0, 0.1) is 5.82 Å². The zero-order valence-electron chi connectivity index (χ0n) is 9.13. The Morgan fingerprint density at radius 3 is 2.75 bits per heavy atom. The molecule has 1 aliphatic rings. The third-order valence-electron chi connectivity index (χ3n) is 3.06. The number of hydrogen-bond donors (Lipinski definition) is 1. The van der Waals surface area contributed by atoms with Crippen LogP contribution >= 0.6 is 0 Å². The van der Waals surface area contributed by atoms with E-state index in [-0.39, 0.29) is 11.2 Å². The molecule has 0 heterocycles. The van der Waals surface area contributed by atoms with Crippen LogP contribution in [0.15, 0.2) is 24.3 Å². The average molecular weight is 223 g/mol. The average Bonchev–Trinajstić information content (AvgIpc) is 3.07. The highest BCUT2D eigenvalue weighted by Crippen LogP contribution is 2.48. The maximum atomic E-state index is 13.6. The Hall–Kier alpha value is -1.58. The lowest BCUT2D eigenvalue weighted by molar-refractivity contribution is 0.170. The van der Waals surface area contributed by atoms with Gasteiger partial charge in [0.2, 0.25) is 0 Å². The molecule has 0 saturated heterocycles. The van der Waals surface area contributed by atoms with Crippen LogP contribution in [-0.4, -0.2) is 19.7 Å². The third kappa shape index (κ3) is 2.01. The first-order valence-electron chi connectivity index (χ1n) is 5.25. The summed E-state index contributed by atoms with van der Waals surface area (Å²) in [7, 11) is 1.32. The Morgan fingerprint density at radius 2 is 2.19 bits per heavy atom. The minimum absolute atomic E-state index is 0.202. The van der Waals surface area contributed by atoms with Gasteiger partial charge in [-0.15, -0.1) is 0 Å². The van der Waals surface area contributed by atoms with E-state index < -0.39 is 6.09 Å². The molecule has 0 atom stereocenters. The predicted molar refractivity (Wildman–Crippen MR) is 57.7 cm³/mol. The standard InChI is InChI=1S/C12H14FNO2/c1-16-11(15)14-8-12(6-7-12)9-4-2-3-5-10(9)13/h2-5H,6-8H2,1H3,(H,14,15). The Balaban J connectivity index is 2.09. The smallest absolute Gasteiger partial charge is 0.406 e. The maximum absolute atomic E-state index is 13.6. The first kappa shape index (κ1) is 10.9. The molecule has 0 aliphatic heterocycles. The van der Waals surface area contributed by atoms with E-state index in [2.05, 4.69) is 10.1 Å². The Labute approximate surface area is 93.6 Å². The first-order valence-corrected chi connectivity index (χ1v) is 5.25. The van der Waals surface area contributed by atoms with E-state index in [0.717, 1.165) is 12.8 Å². The van der Waals surface area contributed by atoms with Crippen molar-refractivity contribution in [2.45, 2.75) is 18.3 Å². The highest BCUT2D eigenvalue weighted by Gasteiger charge is 2.46. The largest absolute Gasteiger partial charge is 0.453 e. The second-order valence-electron chi connectivity index (χ2n) is 4.11. The normalized spacial score (nSPS) is 16.6. The fourth-order valence-electron chi connectivity index (χ4n) is 1.90. The molecule has 1 N–H and O–H groups in total. The van der Waals surface area contributed by atoms with Gasteiger partial charge in [0.25, 0.3) is 0 Å². The number of halogens is 1. The highest BCUT2D eigenvalue weighted by atomic mass is 19.1. The number of alkyl carbamates (subject to hydrolysis) is 1. The summed E-state index contributed by atoms with van der Waals surface area (Å²) in [4.78, 5) is 11.0. The van der Waals surface area contributed by atoms with Crippen molar-refractivity contribution in [3.8, 4) is 0 Å². The van der Waals surface area contributed by atoms with Gasteiger partial charge in [0.1, 0.15) is 5.82 Å². The SMILES string of the molecule is COC(=O)NCC1(c2ccccc2F)CC1. The minimum atomic E-state index is -0.470. The van der Waals surface area contributed by atoms with Crippen LogP contribution in [0.4, 0.5) is 9.18 Å². The zero-order chi connectivity index (χ0) is 11.6. The zero-order valence-corrected chi connectivity index (χ0v) is 9.13. The summed E-state index contributed by atoms with van der Waals surface area (Å²) in [6.07, 6.45) is 1.33. The van der Waals surface area contributed by atoms with Crippen molar-refractivity contribution in [2.75, 3.05) is 13.7 Å². The predicted octanol–water partition coefficient (Wildman–Crippen LogP) is 2.21. The Bertz CT molecular complexity index is 402. The monoisotopic (exact) mass is 223 g/mol. The molecule has 0 aromatic heterocycles. The molecule has 2 rings (SSSR count). The lowest BCUT2D eigenvalue weighted by Gasteiger charge is -2.16.